The average molecular weight is 392 g/mol. The van der Waals surface area contributed by atoms with E-state index in [1.54, 1.807) is 36.4 Å². The number of benzene rings is 3. The molecule has 4 rings (SSSR count). The summed E-state index contributed by atoms with van der Waals surface area (Å²) in [4.78, 5) is 12.8. The SMILES string of the molecule is Cc1ccc(NC(=O)CN2c3ccc(C)cc3-c3ccccc3S2(=O)=O)cc1. The molecule has 0 aromatic heterocycles. The summed E-state index contributed by atoms with van der Waals surface area (Å²) in [6.07, 6.45) is 0. The van der Waals surface area contributed by atoms with Gasteiger partial charge in [-0.05, 0) is 44.2 Å². The van der Waals surface area contributed by atoms with E-state index in [1.807, 2.05) is 44.2 Å². The van der Waals surface area contributed by atoms with Gasteiger partial charge in [-0.1, -0.05) is 47.5 Å². The van der Waals surface area contributed by atoms with Crippen molar-refractivity contribution in [2.24, 2.45) is 0 Å². The Morgan fingerprint density at radius 2 is 1.57 bits per heavy atom. The van der Waals surface area contributed by atoms with Crippen LogP contribution in [-0.2, 0) is 14.8 Å². The van der Waals surface area contributed by atoms with Gasteiger partial charge in [-0.3, -0.25) is 9.10 Å². The normalized spacial score (nSPS) is 14.1. The van der Waals surface area contributed by atoms with Gasteiger partial charge in [0.15, 0.2) is 0 Å². The third-order valence-electron chi connectivity index (χ3n) is 4.79. The molecule has 6 heteroatoms. The Morgan fingerprint density at radius 1 is 0.893 bits per heavy atom. The summed E-state index contributed by atoms with van der Waals surface area (Å²) < 4.78 is 27.6. The number of aryl methyl sites for hydroxylation is 2. The molecule has 1 heterocycles. The maximum Gasteiger partial charge on any atom is 0.265 e. The van der Waals surface area contributed by atoms with Gasteiger partial charge in [0.1, 0.15) is 6.54 Å². The molecule has 1 aliphatic rings. The van der Waals surface area contributed by atoms with Crippen molar-refractivity contribution in [3.63, 3.8) is 0 Å². The molecule has 1 N–H and O–H groups in total. The molecular formula is C22H20N2O3S. The molecule has 0 spiro atoms. The maximum absolute atomic E-state index is 13.2. The summed E-state index contributed by atoms with van der Waals surface area (Å²) in [5.41, 5.74) is 4.73. The van der Waals surface area contributed by atoms with E-state index in [1.165, 1.54) is 4.31 Å². The zero-order valence-electron chi connectivity index (χ0n) is 15.6. The number of hydrogen-bond acceptors (Lipinski definition) is 3. The molecule has 0 fully saturated rings. The van der Waals surface area contributed by atoms with Gasteiger partial charge < -0.3 is 5.32 Å². The van der Waals surface area contributed by atoms with Crippen molar-refractivity contribution in [2.45, 2.75) is 18.7 Å². The lowest BCUT2D eigenvalue weighted by Gasteiger charge is -2.31. The molecule has 3 aromatic rings. The largest absolute Gasteiger partial charge is 0.325 e. The molecule has 0 radical (unpaired) electrons. The molecule has 1 amide bonds. The number of rotatable bonds is 3. The van der Waals surface area contributed by atoms with E-state index in [0.717, 1.165) is 16.7 Å². The Kier molecular flexibility index (Phi) is 4.43. The number of sulfonamides is 1. The van der Waals surface area contributed by atoms with Crippen molar-refractivity contribution in [1.82, 2.24) is 0 Å². The van der Waals surface area contributed by atoms with Crippen LogP contribution in [0.15, 0.2) is 71.6 Å². The second kappa shape index (κ2) is 6.80. The number of fused-ring (bicyclic) bond motifs is 3. The van der Waals surface area contributed by atoms with Gasteiger partial charge >= 0.3 is 0 Å². The highest BCUT2D eigenvalue weighted by Gasteiger charge is 2.35. The number of carbonyl (C=O) groups is 1. The van der Waals surface area contributed by atoms with Gasteiger partial charge in [0.25, 0.3) is 10.0 Å². The first-order chi connectivity index (χ1) is 13.4. The third-order valence-corrected chi connectivity index (χ3v) is 6.61. The summed E-state index contributed by atoms with van der Waals surface area (Å²) in [5, 5.41) is 2.78. The lowest BCUT2D eigenvalue weighted by molar-refractivity contribution is -0.114. The zero-order chi connectivity index (χ0) is 19.9. The molecule has 0 aliphatic carbocycles. The number of nitrogens with one attached hydrogen (secondary N) is 1. The van der Waals surface area contributed by atoms with Crippen LogP contribution in [0.25, 0.3) is 11.1 Å². The molecule has 0 atom stereocenters. The van der Waals surface area contributed by atoms with Crippen LogP contribution < -0.4 is 9.62 Å². The van der Waals surface area contributed by atoms with Crippen LogP contribution in [-0.4, -0.2) is 20.9 Å². The van der Waals surface area contributed by atoms with Gasteiger partial charge in [0.05, 0.1) is 10.6 Å². The summed E-state index contributed by atoms with van der Waals surface area (Å²) in [5.74, 6) is -0.390. The molecule has 0 bridgehead atoms. The van der Waals surface area contributed by atoms with E-state index in [0.29, 0.717) is 16.9 Å². The smallest absolute Gasteiger partial charge is 0.265 e. The van der Waals surface area contributed by atoms with E-state index in [4.69, 9.17) is 0 Å². The van der Waals surface area contributed by atoms with Crippen LogP contribution in [0.3, 0.4) is 0 Å². The highest BCUT2D eigenvalue weighted by Crippen LogP contribution is 2.43. The van der Waals surface area contributed by atoms with E-state index in [2.05, 4.69) is 5.32 Å². The monoisotopic (exact) mass is 392 g/mol. The van der Waals surface area contributed by atoms with Crippen molar-refractivity contribution in [2.75, 3.05) is 16.2 Å². The lowest BCUT2D eigenvalue weighted by Crippen LogP contribution is -2.40. The van der Waals surface area contributed by atoms with Gasteiger partial charge in [-0.25, -0.2) is 8.42 Å². The average Bonchev–Trinajstić information content (AvgIpc) is 2.67. The van der Waals surface area contributed by atoms with Crippen molar-refractivity contribution in [3.8, 4) is 11.1 Å². The minimum absolute atomic E-state index is 0.219. The topological polar surface area (TPSA) is 66.5 Å². The fourth-order valence-electron chi connectivity index (χ4n) is 3.38. The Hall–Kier alpha value is -3.12. The van der Waals surface area contributed by atoms with Crippen molar-refractivity contribution in [3.05, 3.63) is 77.9 Å². The molecule has 3 aromatic carbocycles. The number of hydrogen-bond donors (Lipinski definition) is 1. The fraction of sp³-hybridized carbons (Fsp3) is 0.136. The van der Waals surface area contributed by atoms with Crippen LogP contribution in [0.4, 0.5) is 11.4 Å². The summed E-state index contributed by atoms with van der Waals surface area (Å²) in [7, 11) is -3.83. The molecular weight excluding hydrogens is 372 g/mol. The summed E-state index contributed by atoms with van der Waals surface area (Å²) in [6, 6.07) is 19.8. The summed E-state index contributed by atoms with van der Waals surface area (Å²) in [6.45, 7) is 3.63. The van der Waals surface area contributed by atoms with E-state index < -0.39 is 15.9 Å². The van der Waals surface area contributed by atoms with Crippen LogP contribution >= 0.6 is 0 Å². The Morgan fingerprint density at radius 3 is 2.32 bits per heavy atom. The molecule has 1 aliphatic heterocycles. The minimum atomic E-state index is -3.83. The standard InChI is InChI=1S/C22H20N2O3S/c1-15-7-10-17(11-8-15)23-22(25)14-24-20-12-9-16(2)13-19(20)18-5-3-4-6-21(18)28(24,26)27/h3-13H,14H2,1-2H3,(H,23,25). The van der Waals surface area contributed by atoms with E-state index >= 15 is 0 Å². The van der Waals surface area contributed by atoms with Crippen molar-refractivity contribution < 1.29 is 13.2 Å². The Balaban J connectivity index is 1.72. The Bertz CT molecular complexity index is 1170. The van der Waals surface area contributed by atoms with E-state index in [9.17, 15) is 13.2 Å². The van der Waals surface area contributed by atoms with Crippen LogP contribution in [0.5, 0.6) is 0 Å². The quantitative estimate of drug-likeness (QED) is 0.729. The lowest BCUT2D eigenvalue weighted by atomic mass is 10.0. The first-order valence-corrected chi connectivity index (χ1v) is 10.4. The first-order valence-electron chi connectivity index (χ1n) is 8.95. The van der Waals surface area contributed by atoms with Crippen LogP contribution in [0, 0.1) is 13.8 Å². The third kappa shape index (κ3) is 3.16. The molecule has 0 saturated heterocycles. The molecule has 0 saturated carbocycles. The first kappa shape index (κ1) is 18.3. The number of anilines is 2. The van der Waals surface area contributed by atoms with Gasteiger partial charge in [0, 0.05) is 16.8 Å². The van der Waals surface area contributed by atoms with Gasteiger partial charge in [-0.2, -0.15) is 0 Å². The molecule has 5 nitrogen and oxygen atoms in total. The van der Waals surface area contributed by atoms with Crippen LogP contribution in [0.2, 0.25) is 0 Å². The van der Waals surface area contributed by atoms with Gasteiger partial charge in [0.2, 0.25) is 5.91 Å². The maximum atomic E-state index is 13.2. The summed E-state index contributed by atoms with van der Waals surface area (Å²) >= 11 is 0. The Labute approximate surface area is 164 Å². The predicted molar refractivity (Wildman–Crippen MR) is 111 cm³/mol. The highest BCUT2D eigenvalue weighted by atomic mass is 32.2. The fourth-order valence-corrected chi connectivity index (χ4v) is 5.03. The minimum Gasteiger partial charge on any atom is -0.325 e. The zero-order valence-corrected chi connectivity index (χ0v) is 16.5. The molecule has 142 valence electrons. The number of nitrogens with zero attached hydrogens (tertiary/aromatic N) is 1. The molecule has 0 unspecified atom stereocenters. The number of amides is 1. The van der Waals surface area contributed by atoms with E-state index in [-0.39, 0.29) is 11.4 Å². The van der Waals surface area contributed by atoms with Crippen molar-refractivity contribution in [1.29, 1.82) is 0 Å². The highest BCUT2D eigenvalue weighted by molar-refractivity contribution is 7.93. The second-order valence-corrected chi connectivity index (χ2v) is 8.77. The molecule has 28 heavy (non-hydrogen) atoms. The second-order valence-electron chi connectivity index (χ2n) is 6.94. The van der Waals surface area contributed by atoms with Crippen LogP contribution in [0.1, 0.15) is 11.1 Å². The van der Waals surface area contributed by atoms with Crippen molar-refractivity contribution >= 4 is 27.3 Å². The predicted octanol–water partition coefficient (Wildman–Crippen LogP) is 4.12. The van der Waals surface area contributed by atoms with Gasteiger partial charge in [-0.15, -0.1) is 0 Å². The number of carbonyl (C=O) groups excluding carboxylic acids is 1.